The fourth-order valence-electron chi connectivity index (χ4n) is 1.74. The zero-order valence-electron chi connectivity index (χ0n) is 11.1. The maximum Gasteiger partial charge on any atom is 0.256 e. The van der Waals surface area contributed by atoms with Crippen molar-refractivity contribution >= 4 is 50.1 Å². The van der Waals surface area contributed by atoms with E-state index in [2.05, 4.69) is 43.8 Å². The Morgan fingerprint density at radius 2 is 2.10 bits per heavy atom. The Balaban J connectivity index is 2.29. The smallest absolute Gasteiger partial charge is 0.256 e. The van der Waals surface area contributed by atoms with E-state index in [9.17, 15) is 9.18 Å². The number of carbonyl (C=O) groups excluding carboxylic acids is 1. The zero-order chi connectivity index (χ0) is 15.4. The number of anilines is 1. The van der Waals surface area contributed by atoms with Crippen LogP contribution in [0.2, 0.25) is 0 Å². The first-order chi connectivity index (χ1) is 10.0. The summed E-state index contributed by atoms with van der Waals surface area (Å²) in [4.78, 5) is 12.3. The molecule has 0 atom stereocenters. The molecule has 3 nitrogen and oxygen atoms in total. The van der Waals surface area contributed by atoms with Crippen LogP contribution in [0.3, 0.4) is 0 Å². The van der Waals surface area contributed by atoms with Crippen LogP contribution in [0.15, 0.2) is 40.9 Å². The topological polar surface area (TPSA) is 38.3 Å². The van der Waals surface area contributed by atoms with Gasteiger partial charge in [-0.05, 0) is 75.8 Å². The quantitative estimate of drug-likeness (QED) is 0.658. The van der Waals surface area contributed by atoms with Gasteiger partial charge in [0.25, 0.3) is 5.91 Å². The Labute approximate surface area is 144 Å². The lowest BCUT2D eigenvalue weighted by atomic mass is 10.2. The second kappa shape index (κ2) is 7.22. The molecule has 0 fully saturated rings. The minimum atomic E-state index is -0.410. The van der Waals surface area contributed by atoms with Gasteiger partial charge in [0.1, 0.15) is 11.6 Å². The molecule has 0 unspecified atom stereocenters. The number of amides is 1. The summed E-state index contributed by atoms with van der Waals surface area (Å²) >= 11 is 5.49. The molecular weight excluding hydrogens is 452 g/mol. The number of ether oxygens (including phenoxy) is 1. The van der Waals surface area contributed by atoms with Crippen molar-refractivity contribution in [3.8, 4) is 5.75 Å². The lowest BCUT2D eigenvalue weighted by Gasteiger charge is -2.12. The standard InChI is InChI=1S/C15H12BrFINO2/c1-2-21-14-7-9(17)3-6-13(14)19-15(20)11-8-10(18)4-5-12(11)16/h3-8H,2H2,1H3,(H,19,20). The molecule has 1 amide bonds. The van der Waals surface area contributed by atoms with E-state index in [1.165, 1.54) is 18.2 Å². The highest BCUT2D eigenvalue weighted by molar-refractivity contribution is 14.1. The molecule has 0 saturated heterocycles. The molecule has 2 aromatic carbocycles. The van der Waals surface area contributed by atoms with Crippen molar-refractivity contribution in [2.24, 2.45) is 0 Å². The highest BCUT2D eigenvalue weighted by atomic mass is 127. The number of hydrogen-bond acceptors (Lipinski definition) is 2. The molecule has 0 saturated carbocycles. The Morgan fingerprint density at radius 1 is 1.33 bits per heavy atom. The van der Waals surface area contributed by atoms with Crippen LogP contribution in [0.25, 0.3) is 0 Å². The van der Waals surface area contributed by atoms with Crippen LogP contribution in [0.5, 0.6) is 5.75 Å². The summed E-state index contributed by atoms with van der Waals surface area (Å²) in [6.07, 6.45) is 0. The number of rotatable bonds is 4. The van der Waals surface area contributed by atoms with E-state index >= 15 is 0 Å². The van der Waals surface area contributed by atoms with Gasteiger partial charge in [0.05, 0.1) is 17.9 Å². The van der Waals surface area contributed by atoms with Crippen molar-refractivity contribution in [3.63, 3.8) is 0 Å². The van der Waals surface area contributed by atoms with E-state index in [1.54, 1.807) is 13.0 Å². The van der Waals surface area contributed by atoms with Crippen molar-refractivity contribution < 1.29 is 13.9 Å². The Morgan fingerprint density at radius 3 is 2.81 bits per heavy atom. The number of benzene rings is 2. The maximum absolute atomic E-state index is 13.2. The predicted molar refractivity (Wildman–Crippen MR) is 92.4 cm³/mol. The first-order valence-electron chi connectivity index (χ1n) is 6.20. The van der Waals surface area contributed by atoms with Crippen molar-refractivity contribution in [2.45, 2.75) is 6.92 Å². The minimum Gasteiger partial charge on any atom is -0.492 e. The van der Waals surface area contributed by atoms with E-state index in [4.69, 9.17) is 4.74 Å². The SMILES string of the molecule is CCOc1cc(F)ccc1NC(=O)c1cc(I)ccc1Br. The molecule has 2 aromatic rings. The number of nitrogens with one attached hydrogen (secondary N) is 1. The molecule has 0 aromatic heterocycles. The zero-order valence-corrected chi connectivity index (χ0v) is 14.9. The average molecular weight is 464 g/mol. The van der Waals surface area contributed by atoms with Gasteiger partial charge in [0.15, 0.2) is 0 Å². The highest BCUT2D eigenvalue weighted by Crippen LogP contribution is 2.27. The normalized spacial score (nSPS) is 10.3. The molecule has 1 N–H and O–H groups in total. The van der Waals surface area contributed by atoms with E-state index in [0.29, 0.717) is 28.1 Å². The van der Waals surface area contributed by atoms with E-state index in [0.717, 1.165) is 3.57 Å². The summed E-state index contributed by atoms with van der Waals surface area (Å²) in [5.41, 5.74) is 0.947. The first kappa shape index (κ1) is 16.2. The van der Waals surface area contributed by atoms with Crippen molar-refractivity contribution in [2.75, 3.05) is 11.9 Å². The summed E-state index contributed by atoms with van der Waals surface area (Å²) in [7, 11) is 0. The van der Waals surface area contributed by atoms with Gasteiger partial charge >= 0.3 is 0 Å². The Bertz CT molecular complexity index is 679. The van der Waals surface area contributed by atoms with Crippen molar-refractivity contribution in [1.29, 1.82) is 0 Å². The Hall–Kier alpha value is -1.15. The molecule has 21 heavy (non-hydrogen) atoms. The minimum absolute atomic E-state index is 0.284. The van der Waals surface area contributed by atoms with Crippen LogP contribution in [0, 0.1) is 9.39 Å². The molecule has 6 heteroatoms. The summed E-state index contributed by atoms with van der Waals surface area (Å²) in [5, 5.41) is 2.74. The molecule has 0 heterocycles. The Kier molecular flexibility index (Phi) is 5.58. The molecule has 0 radical (unpaired) electrons. The van der Waals surface area contributed by atoms with E-state index in [1.807, 2.05) is 12.1 Å². The van der Waals surface area contributed by atoms with Gasteiger partial charge in [-0.3, -0.25) is 4.79 Å². The second-order valence-electron chi connectivity index (χ2n) is 4.15. The predicted octanol–water partition coefficient (Wildman–Crippen LogP) is 4.84. The summed E-state index contributed by atoms with van der Waals surface area (Å²) in [6.45, 7) is 2.19. The fourth-order valence-corrected chi connectivity index (χ4v) is 2.65. The molecule has 0 aliphatic carbocycles. The number of carbonyl (C=O) groups is 1. The van der Waals surface area contributed by atoms with E-state index < -0.39 is 5.82 Å². The van der Waals surface area contributed by atoms with Crippen LogP contribution in [0.4, 0.5) is 10.1 Å². The van der Waals surface area contributed by atoms with E-state index in [-0.39, 0.29) is 5.91 Å². The van der Waals surface area contributed by atoms with Gasteiger partial charge in [-0.15, -0.1) is 0 Å². The largest absolute Gasteiger partial charge is 0.492 e. The third kappa shape index (κ3) is 4.16. The third-order valence-electron chi connectivity index (χ3n) is 2.66. The van der Waals surface area contributed by atoms with Gasteiger partial charge < -0.3 is 10.1 Å². The molecular formula is C15H12BrFINO2. The summed E-state index contributed by atoms with van der Waals surface area (Å²) < 4.78 is 20.2. The molecule has 0 spiro atoms. The fraction of sp³-hybridized carbons (Fsp3) is 0.133. The van der Waals surface area contributed by atoms with Crippen LogP contribution in [-0.2, 0) is 0 Å². The van der Waals surface area contributed by atoms with Gasteiger partial charge in [0.2, 0.25) is 0 Å². The summed E-state index contributed by atoms with van der Waals surface area (Å²) in [5.74, 6) is -0.382. The van der Waals surface area contributed by atoms with Crippen LogP contribution in [0.1, 0.15) is 17.3 Å². The van der Waals surface area contributed by atoms with Crippen molar-refractivity contribution in [1.82, 2.24) is 0 Å². The monoisotopic (exact) mass is 463 g/mol. The summed E-state index contributed by atoms with van der Waals surface area (Å²) in [6, 6.07) is 9.49. The molecule has 0 bridgehead atoms. The molecule has 110 valence electrons. The maximum atomic E-state index is 13.2. The molecule has 0 aliphatic heterocycles. The third-order valence-corrected chi connectivity index (χ3v) is 4.03. The van der Waals surface area contributed by atoms with Gasteiger partial charge in [-0.2, -0.15) is 0 Å². The van der Waals surface area contributed by atoms with Crippen molar-refractivity contribution in [3.05, 3.63) is 55.8 Å². The second-order valence-corrected chi connectivity index (χ2v) is 6.25. The average Bonchev–Trinajstić information content (AvgIpc) is 2.44. The lowest BCUT2D eigenvalue weighted by Crippen LogP contribution is -2.14. The lowest BCUT2D eigenvalue weighted by molar-refractivity contribution is 0.102. The number of halogens is 3. The number of hydrogen-bond donors (Lipinski definition) is 1. The van der Waals surface area contributed by atoms with Gasteiger partial charge in [0, 0.05) is 14.1 Å². The van der Waals surface area contributed by atoms with Crippen LogP contribution < -0.4 is 10.1 Å². The molecule has 0 aliphatic rings. The first-order valence-corrected chi connectivity index (χ1v) is 8.07. The van der Waals surface area contributed by atoms with Gasteiger partial charge in [-0.1, -0.05) is 0 Å². The molecule has 2 rings (SSSR count). The highest BCUT2D eigenvalue weighted by Gasteiger charge is 2.14. The van der Waals surface area contributed by atoms with Crippen LogP contribution >= 0.6 is 38.5 Å². The van der Waals surface area contributed by atoms with Crippen LogP contribution in [-0.4, -0.2) is 12.5 Å². The van der Waals surface area contributed by atoms with Gasteiger partial charge in [-0.25, -0.2) is 4.39 Å².